The Morgan fingerprint density at radius 3 is 1.01 bits per heavy atom. The maximum absolute atomic E-state index is 12.4. The fraction of sp³-hybridized carbons (Fsp3) is 0.481. The average molecular weight is 1070 g/mol. The number of aliphatic hydroxyl groups is 2. The summed E-state index contributed by atoms with van der Waals surface area (Å²) in [5.41, 5.74) is -0.303. The highest BCUT2D eigenvalue weighted by atomic mass is 16.7. The van der Waals surface area contributed by atoms with Gasteiger partial charge in [0.25, 0.3) is 0 Å². The van der Waals surface area contributed by atoms with E-state index in [0.29, 0.717) is 67.5 Å². The molecule has 0 saturated carbocycles. The van der Waals surface area contributed by atoms with Crippen LogP contribution in [0.25, 0.3) is 22.3 Å². The molecule has 0 fully saturated rings. The molecule has 2 N–H and O–H groups in total. The number of hydrogen-bond donors (Lipinski definition) is 2. The zero-order valence-electron chi connectivity index (χ0n) is 45.2. The molecule has 8 rings (SSSR count). The van der Waals surface area contributed by atoms with Crippen LogP contribution in [0, 0.1) is 11.8 Å². The summed E-state index contributed by atoms with van der Waals surface area (Å²) >= 11 is 0. The van der Waals surface area contributed by atoms with Crippen LogP contribution in [0.15, 0.2) is 24.3 Å². The first-order chi connectivity index (χ1) is 36.0. The lowest BCUT2D eigenvalue weighted by Crippen LogP contribution is -2.46. The SMILES string of the molecule is COc1cc2c(c(OC)c1OC)-c1c(cc3c(c1OC)OCO3)[C@H](OC(C)=O)[C@H](C)[C@](C)(O)[C@H]2OC(C)=O.COc1cc2c(c(OC)c1OC)-c1c(cc3c(c1OC)OCO3)[C@H](OC(C)=O)[C@H](C)[C@](C)(O)[C@H]2OC(C)=O. The molecule has 2 aliphatic heterocycles. The van der Waals surface area contributed by atoms with Gasteiger partial charge in [0, 0.05) is 84.0 Å². The van der Waals surface area contributed by atoms with Crippen molar-refractivity contribution in [3.8, 4) is 91.2 Å². The van der Waals surface area contributed by atoms with E-state index in [1.807, 2.05) is 0 Å². The second kappa shape index (κ2) is 21.9. The van der Waals surface area contributed by atoms with Gasteiger partial charge in [-0.05, 0) is 38.1 Å². The summed E-state index contributed by atoms with van der Waals surface area (Å²) in [5.74, 6) is -0.579. The summed E-state index contributed by atoms with van der Waals surface area (Å²) in [5, 5.41) is 24.0. The number of ether oxygens (including phenoxy) is 16. The summed E-state index contributed by atoms with van der Waals surface area (Å²) in [6, 6.07) is 6.61. The quantitative estimate of drug-likeness (QED) is 0.103. The Bertz CT molecular complexity index is 2730. The van der Waals surface area contributed by atoms with Crippen molar-refractivity contribution in [1.82, 2.24) is 0 Å². The molecular formula is C54H64O22. The Morgan fingerprint density at radius 2 is 0.737 bits per heavy atom. The van der Waals surface area contributed by atoms with Gasteiger partial charge in [0.05, 0.1) is 56.9 Å². The highest BCUT2D eigenvalue weighted by molar-refractivity contribution is 5.91. The van der Waals surface area contributed by atoms with E-state index in [0.717, 1.165) is 0 Å². The molecule has 76 heavy (non-hydrogen) atoms. The summed E-state index contributed by atoms with van der Waals surface area (Å²) in [4.78, 5) is 49.4. The van der Waals surface area contributed by atoms with Gasteiger partial charge >= 0.3 is 23.9 Å². The van der Waals surface area contributed by atoms with Gasteiger partial charge in [-0.2, -0.15) is 0 Å². The molecule has 4 aromatic rings. The molecule has 0 spiro atoms. The van der Waals surface area contributed by atoms with Gasteiger partial charge in [0.15, 0.2) is 58.2 Å². The third kappa shape index (κ3) is 9.52. The first-order valence-electron chi connectivity index (χ1n) is 23.8. The minimum atomic E-state index is -1.76. The first kappa shape index (κ1) is 56.0. The molecule has 2 heterocycles. The molecule has 8 atom stereocenters. The predicted octanol–water partition coefficient (Wildman–Crippen LogP) is 7.45. The molecule has 0 aromatic heterocycles. The molecule has 0 bridgehead atoms. The van der Waals surface area contributed by atoms with Gasteiger partial charge in [-0.3, -0.25) is 19.2 Å². The van der Waals surface area contributed by atoms with Crippen molar-refractivity contribution in [2.75, 3.05) is 70.5 Å². The number of carbonyl (C=O) groups is 4. The molecule has 22 heteroatoms. The third-order valence-corrected chi connectivity index (χ3v) is 14.1. The van der Waals surface area contributed by atoms with Crippen LogP contribution in [0.1, 0.15) is 102 Å². The highest BCUT2D eigenvalue weighted by Crippen LogP contribution is 2.63. The summed E-state index contributed by atoms with van der Waals surface area (Å²) in [6.07, 6.45) is -4.55. The molecule has 0 radical (unpaired) electrons. The third-order valence-electron chi connectivity index (χ3n) is 14.1. The second-order valence-electron chi connectivity index (χ2n) is 18.5. The van der Waals surface area contributed by atoms with Gasteiger partial charge in [0.1, 0.15) is 23.4 Å². The van der Waals surface area contributed by atoms with Crippen molar-refractivity contribution in [2.24, 2.45) is 11.8 Å². The van der Waals surface area contributed by atoms with Crippen LogP contribution in [0.2, 0.25) is 0 Å². The lowest BCUT2D eigenvalue weighted by Gasteiger charge is -2.43. The Hall–Kier alpha value is -7.72. The van der Waals surface area contributed by atoms with E-state index in [9.17, 15) is 29.4 Å². The molecule has 2 aliphatic carbocycles. The molecule has 0 saturated heterocycles. The standard InChI is InChI=1S/2C27H32O11/c2*1-12-21(37-13(2)28)15-9-18-23(36-11-35-18)25(34-8)19(15)20-16(26(27(12,4)30)38-14(3)29)10-17(31-5)22(32-6)24(20)33-7/h2*9-10,12,21,26,30H,11H2,1-8H3/t2*12-,21+,26-,27-/m00/s1. The minimum absolute atomic E-state index is 0.0495. The second-order valence-corrected chi connectivity index (χ2v) is 18.5. The molecule has 0 amide bonds. The van der Waals surface area contributed by atoms with Crippen LogP contribution in [-0.2, 0) is 38.1 Å². The van der Waals surface area contributed by atoms with Crippen LogP contribution in [0.3, 0.4) is 0 Å². The molecule has 4 aromatic carbocycles. The van der Waals surface area contributed by atoms with Crippen LogP contribution >= 0.6 is 0 Å². The molecule has 22 nitrogen and oxygen atoms in total. The van der Waals surface area contributed by atoms with E-state index >= 15 is 0 Å². The number of fused-ring (bicyclic) bond motifs is 8. The number of rotatable bonds is 12. The fourth-order valence-corrected chi connectivity index (χ4v) is 10.3. The summed E-state index contributed by atoms with van der Waals surface area (Å²) < 4.78 is 91.9. The Balaban J connectivity index is 0.000000221. The van der Waals surface area contributed by atoms with E-state index in [4.69, 9.17) is 75.8 Å². The van der Waals surface area contributed by atoms with Gasteiger partial charge in [0.2, 0.25) is 36.6 Å². The summed E-state index contributed by atoms with van der Waals surface area (Å²) in [7, 11) is 11.6. The van der Waals surface area contributed by atoms with Gasteiger partial charge in [-0.15, -0.1) is 0 Å². The van der Waals surface area contributed by atoms with Gasteiger partial charge in [-0.1, -0.05) is 13.8 Å². The lowest BCUT2D eigenvalue weighted by molar-refractivity contribution is -0.183. The van der Waals surface area contributed by atoms with Crippen LogP contribution in [0.5, 0.6) is 69.0 Å². The normalized spacial score (nSPS) is 23.2. The largest absolute Gasteiger partial charge is 0.493 e. The Labute approximate surface area is 439 Å². The van der Waals surface area contributed by atoms with Crippen molar-refractivity contribution in [3.63, 3.8) is 0 Å². The first-order valence-corrected chi connectivity index (χ1v) is 23.8. The number of carbonyl (C=O) groups excluding carboxylic acids is 4. The van der Waals surface area contributed by atoms with E-state index in [-0.39, 0.29) is 59.6 Å². The maximum atomic E-state index is 12.4. The van der Waals surface area contributed by atoms with Crippen molar-refractivity contribution in [3.05, 3.63) is 46.5 Å². The van der Waals surface area contributed by atoms with Crippen LogP contribution in [0.4, 0.5) is 0 Å². The van der Waals surface area contributed by atoms with Crippen molar-refractivity contribution >= 4 is 23.9 Å². The van der Waals surface area contributed by atoms with E-state index in [1.165, 1.54) is 98.4 Å². The average Bonchev–Trinajstić information content (AvgIpc) is 4.10. The van der Waals surface area contributed by atoms with Gasteiger partial charge in [-0.25, -0.2) is 0 Å². The summed E-state index contributed by atoms with van der Waals surface area (Å²) in [6.45, 7) is 11.4. The van der Waals surface area contributed by atoms with E-state index in [1.54, 1.807) is 38.1 Å². The van der Waals surface area contributed by atoms with Crippen LogP contribution < -0.4 is 56.8 Å². The van der Waals surface area contributed by atoms with E-state index in [2.05, 4.69) is 0 Å². The van der Waals surface area contributed by atoms with E-state index < -0.39 is 71.3 Å². The predicted molar refractivity (Wildman–Crippen MR) is 266 cm³/mol. The molecule has 412 valence electrons. The van der Waals surface area contributed by atoms with Crippen LogP contribution in [-0.4, -0.2) is 116 Å². The van der Waals surface area contributed by atoms with Crippen molar-refractivity contribution in [2.45, 2.75) is 91.0 Å². The molecular weight excluding hydrogens is 1000 g/mol. The smallest absolute Gasteiger partial charge is 0.303 e. The Morgan fingerprint density at radius 1 is 0.434 bits per heavy atom. The zero-order chi connectivity index (χ0) is 55.9. The minimum Gasteiger partial charge on any atom is -0.493 e. The maximum Gasteiger partial charge on any atom is 0.303 e. The van der Waals surface area contributed by atoms with Crippen molar-refractivity contribution < 1.29 is 105 Å². The number of esters is 4. The number of hydrogen-bond acceptors (Lipinski definition) is 22. The molecule has 4 aliphatic rings. The zero-order valence-corrected chi connectivity index (χ0v) is 45.2. The topological polar surface area (TPSA) is 256 Å². The Kier molecular flexibility index (Phi) is 16.1. The van der Waals surface area contributed by atoms with Gasteiger partial charge < -0.3 is 86.0 Å². The monoisotopic (exact) mass is 1060 g/mol. The highest BCUT2D eigenvalue weighted by Gasteiger charge is 2.53. The fourth-order valence-electron chi connectivity index (χ4n) is 10.3. The number of benzene rings is 4. The molecule has 0 unspecified atom stereocenters. The number of methoxy groups -OCH3 is 8. The lowest BCUT2D eigenvalue weighted by atomic mass is 9.71. The van der Waals surface area contributed by atoms with Crippen molar-refractivity contribution in [1.29, 1.82) is 0 Å².